The Kier molecular flexibility index (Phi) is 1.68. The number of anilines is 2. The predicted octanol–water partition coefficient (Wildman–Crippen LogP) is -0.221. The van der Waals surface area contributed by atoms with Crippen LogP contribution in [-0.4, -0.2) is 32.1 Å². The van der Waals surface area contributed by atoms with Gasteiger partial charge in [0.2, 0.25) is 0 Å². The molecule has 5 N–H and O–H groups in total. The number of aromatic hydroxyl groups is 2. The Labute approximate surface area is 78.2 Å². The summed E-state index contributed by atoms with van der Waals surface area (Å²) in [5.74, 6) is -0.907. The average Bonchev–Trinajstić information content (AvgIpc) is 2.34. The Bertz CT molecular complexity index is 348. The number of hydroxylamine groups is 2. The highest BCUT2D eigenvalue weighted by molar-refractivity contribution is 5.78. The lowest BCUT2D eigenvalue weighted by atomic mass is 10.2. The van der Waals surface area contributed by atoms with E-state index in [4.69, 9.17) is 15.3 Å². The molecule has 0 bridgehead atoms. The highest BCUT2D eigenvalue weighted by atomic mass is 16.6. The first-order valence-electron chi connectivity index (χ1n) is 3.72. The van der Waals surface area contributed by atoms with Gasteiger partial charge in [0, 0.05) is 12.1 Å². The van der Waals surface area contributed by atoms with Crippen molar-refractivity contribution in [1.82, 2.24) is 0 Å². The maximum atomic E-state index is 9.22. The number of fused-ring (bicyclic) bond motifs is 1. The van der Waals surface area contributed by atoms with E-state index in [9.17, 15) is 10.4 Å². The van der Waals surface area contributed by atoms with Crippen LogP contribution in [0.25, 0.3) is 0 Å². The van der Waals surface area contributed by atoms with Crippen molar-refractivity contribution in [3.8, 4) is 11.5 Å². The normalized spacial score (nSPS) is 16.2. The van der Waals surface area contributed by atoms with Gasteiger partial charge in [0.15, 0.2) is 11.5 Å². The minimum Gasteiger partial charge on any atom is -0.504 e. The van der Waals surface area contributed by atoms with Gasteiger partial charge in [0.25, 0.3) is 6.35 Å². The molecule has 0 saturated heterocycles. The second-order valence-electron chi connectivity index (χ2n) is 2.87. The Balaban J connectivity index is 2.59. The van der Waals surface area contributed by atoms with Gasteiger partial charge in [0.05, 0.1) is 11.4 Å². The lowest BCUT2D eigenvalue weighted by molar-refractivity contribution is 0.0159. The van der Waals surface area contributed by atoms with Crippen molar-refractivity contribution in [2.75, 3.05) is 10.1 Å². The molecule has 1 aromatic carbocycles. The molecule has 0 aromatic heterocycles. The summed E-state index contributed by atoms with van der Waals surface area (Å²) in [5.41, 5.74) is -0.00870. The van der Waals surface area contributed by atoms with Gasteiger partial charge in [-0.3, -0.25) is 10.4 Å². The smallest absolute Gasteiger partial charge is 0.253 e. The van der Waals surface area contributed by atoms with Gasteiger partial charge in [-0.05, 0) is 0 Å². The van der Waals surface area contributed by atoms with Crippen molar-refractivity contribution in [3.63, 3.8) is 0 Å². The monoisotopic (exact) mass is 200 g/mol. The van der Waals surface area contributed by atoms with Gasteiger partial charge in [-0.1, -0.05) is 0 Å². The summed E-state index contributed by atoms with van der Waals surface area (Å²) in [4.78, 5) is 0. The van der Waals surface area contributed by atoms with Crippen molar-refractivity contribution in [2.24, 2.45) is 0 Å². The van der Waals surface area contributed by atoms with Crippen LogP contribution in [0.3, 0.4) is 0 Å². The molecule has 7 heteroatoms. The van der Waals surface area contributed by atoms with E-state index in [0.29, 0.717) is 10.1 Å². The summed E-state index contributed by atoms with van der Waals surface area (Å²) in [5, 5.41) is 46.5. The standard InChI is InChI=1S/C7H8N2O5/c10-5-1-3-4(2-6(5)11)9(14)7(12)8(3)13/h1-2,7,10-14H. The van der Waals surface area contributed by atoms with Crippen molar-refractivity contribution in [1.29, 1.82) is 0 Å². The third kappa shape index (κ3) is 0.970. The van der Waals surface area contributed by atoms with Crippen LogP contribution in [0.4, 0.5) is 11.4 Å². The third-order valence-corrected chi connectivity index (χ3v) is 2.00. The first kappa shape index (κ1) is 8.88. The summed E-state index contributed by atoms with van der Waals surface area (Å²) in [6.07, 6.45) is -1.65. The molecule has 0 saturated carbocycles. The molecule has 0 fully saturated rings. The largest absolute Gasteiger partial charge is 0.504 e. The van der Waals surface area contributed by atoms with Crippen LogP contribution in [0.2, 0.25) is 0 Å². The molecule has 76 valence electrons. The zero-order valence-corrected chi connectivity index (χ0v) is 6.86. The summed E-state index contributed by atoms with van der Waals surface area (Å²) < 4.78 is 0. The van der Waals surface area contributed by atoms with E-state index in [1.54, 1.807) is 0 Å². The second kappa shape index (κ2) is 2.64. The van der Waals surface area contributed by atoms with E-state index in [1.807, 2.05) is 0 Å². The number of phenolic OH excluding ortho intramolecular Hbond substituents is 2. The van der Waals surface area contributed by atoms with E-state index in [1.165, 1.54) is 0 Å². The van der Waals surface area contributed by atoms with Crippen LogP contribution in [-0.2, 0) is 0 Å². The molecule has 0 unspecified atom stereocenters. The Morgan fingerprint density at radius 2 is 1.29 bits per heavy atom. The van der Waals surface area contributed by atoms with Gasteiger partial charge >= 0.3 is 0 Å². The van der Waals surface area contributed by atoms with Gasteiger partial charge in [-0.15, -0.1) is 0 Å². The van der Waals surface area contributed by atoms with E-state index in [-0.39, 0.29) is 11.4 Å². The zero-order chi connectivity index (χ0) is 10.5. The SMILES string of the molecule is Oc1cc2c(cc1O)N(O)C(O)N2O. The molecule has 1 aliphatic rings. The highest BCUT2D eigenvalue weighted by Gasteiger charge is 2.34. The summed E-state index contributed by atoms with van der Waals surface area (Å²) in [6, 6.07) is 2.04. The first-order chi connectivity index (χ1) is 6.52. The Morgan fingerprint density at radius 1 is 0.929 bits per heavy atom. The third-order valence-electron chi connectivity index (χ3n) is 2.00. The minimum absolute atomic E-state index is 0.00435. The van der Waals surface area contributed by atoms with Crippen molar-refractivity contribution < 1.29 is 25.7 Å². The van der Waals surface area contributed by atoms with Gasteiger partial charge in [-0.2, -0.15) is 0 Å². The van der Waals surface area contributed by atoms with Crippen molar-refractivity contribution >= 4 is 11.4 Å². The number of hydrogen-bond acceptors (Lipinski definition) is 7. The molecule has 0 atom stereocenters. The topological polar surface area (TPSA) is 108 Å². The molecular weight excluding hydrogens is 192 g/mol. The lowest BCUT2D eigenvalue weighted by Gasteiger charge is -2.17. The molecular formula is C7H8N2O5. The van der Waals surface area contributed by atoms with Crippen molar-refractivity contribution in [2.45, 2.75) is 6.35 Å². The highest BCUT2D eigenvalue weighted by Crippen LogP contribution is 2.43. The first-order valence-corrected chi connectivity index (χ1v) is 3.72. The lowest BCUT2D eigenvalue weighted by Crippen LogP contribution is -2.39. The number of phenols is 2. The Morgan fingerprint density at radius 3 is 1.64 bits per heavy atom. The van der Waals surface area contributed by atoms with Gasteiger partial charge in [0.1, 0.15) is 0 Å². The number of aliphatic hydroxyl groups excluding tert-OH is 1. The maximum Gasteiger partial charge on any atom is 0.253 e. The fraction of sp³-hybridized carbons (Fsp3) is 0.143. The van der Waals surface area contributed by atoms with E-state index in [2.05, 4.69) is 0 Å². The summed E-state index contributed by atoms with van der Waals surface area (Å²) in [7, 11) is 0. The van der Waals surface area contributed by atoms with Crippen LogP contribution in [0.1, 0.15) is 0 Å². The maximum absolute atomic E-state index is 9.22. The quantitative estimate of drug-likeness (QED) is 0.368. The molecule has 7 nitrogen and oxygen atoms in total. The molecule has 1 aromatic rings. The predicted molar refractivity (Wildman–Crippen MR) is 44.3 cm³/mol. The summed E-state index contributed by atoms with van der Waals surface area (Å²) in [6.45, 7) is 0. The van der Waals surface area contributed by atoms with Crippen LogP contribution in [0.5, 0.6) is 11.5 Å². The van der Waals surface area contributed by atoms with E-state index < -0.39 is 17.9 Å². The zero-order valence-electron chi connectivity index (χ0n) is 6.86. The molecule has 1 aliphatic heterocycles. The van der Waals surface area contributed by atoms with Gasteiger partial charge < -0.3 is 15.3 Å². The van der Waals surface area contributed by atoms with Crippen LogP contribution >= 0.6 is 0 Å². The van der Waals surface area contributed by atoms with Crippen molar-refractivity contribution in [3.05, 3.63) is 12.1 Å². The van der Waals surface area contributed by atoms with Crippen LogP contribution in [0, 0.1) is 0 Å². The number of hydrogen-bond donors (Lipinski definition) is 5. The Hall–Kier alpha value is -1.70. The molecule has 1 heterocycles. The minimum atomic E-state index is -1.65. The molecule has 0 spiro atoms. The number of benzene rings is 1. The summed E-state index contributed by atoms with van der Waals surface area (Å²) >= 11 is 0. The van der Waals surface area contributed by atoms with Gasteiger partial charge in [-0.25, -0.2) is 10.1 Å². The fourth-order valence-corrected chi connectivity index (χ4v) is 1.27. The average molecular weight is 200 g/mol. The molecule has 14 heavy (non-hydrogen) atoms. The van der Waals surface area contributed by atoms with E-state index in [0.717, 1.165) is 12.1 Å². The number of nitrogens with zero attached hydrogens (tertiary/aromatic N) is 2. The molecule has 0 radical (unpaired) electrons. The molecule has 2 rings (SSSR count). The molecule has 0 aliphatic carbocycles. The second-order valence-corrected chi connectivity index (χ2v) is 2.87. The van der Waals surface area contributed by atoms with Crippen LogP contribution < -0.4 is 10.1 Å². The fourth-order valence-electron chi connectivity index (χ4n) is 1.27. The number of aliphatic hydroxyl groups is 1. The molecule has 0 amide bonds. The van der Waals surface area contributed by atoms with E-state index >= 15 is 0 Å². The number of rotatable bonds is 0. The van der Waals surface area contributed by atoms with Crippen LogP contribution in [0.15, 0.2) is 12.1 Å².